The van der Waals surface area contributed by atoms with Crippen molar-refractivity contribution >= 4 is 6.29 Å². The number of benzene rings is 3. The molecule has 1 nitrogen and oxygen atoms in total. The highest BCUT2D eigenvalue weighted by Gasteiger charge is 2.42. The van der Waals surface area contributed by atoms with Gasteiger partial charge in [0.2, 0.25) is 0 Å². The largest absolute Gasteiger partial charge is 0.298 e. The van der Waals surface area contributed by atoms with Crippen LogP contribution in [0.1, 0.15) is 87.4 Å². The second-order valence-electron chi connectivity index (χ2n) is 10.1. The van der Waals surface area contributed by atoms with Gasteiger partial charge in [0.15, 0.2) is 0 Å². The van der Waals surface area contributed by atoms with Gasteiger partial charge in [0.05, 0.1) is 0 Å². The summed E-state index contributed by atoms with van der Waals surface area (Å²) in [5.74, 6) is 0. The van der Waals surface area contributed by atoms with Gasteiger partial charge in [0.25, 0.3) is 0 Å². The minimum Gasteiger partial charge on any atom is -0.298 e. The Bertz CT molecular complexity index is 1090. The number of carbonyl (C=O) groups is 1. The van der Waals surface area contributed by atoms with Crippen LogP contribution in [0.4, 0.5) is 0 Å². The van der Waals surface area contributed by atoms with E-state index in [0.717, 1.165) is 37.5 Å². The SMILES string of the molecule is CCCC1(CCC)c2cc(C=O)ccc2-c2ccc(-c3ccc(C(C)(C)C)cc3)cc21. The molecule has 0 aromatic heterocycles. The van der Waals surface area contributed by atoms with E-state index >= 15 is 0 Å². The van der Waals surface area contributed by atoms with E-state index in [-0.39, 0.29) is 10.8 Å². The highest BCUT2D eigenvalue weighted by Crippen LogP contribution is 2.54. The lowest BCUT2D eigenvalue weighted by Crippen LogP contribution is -2.25. The van der Waals surface area contributed by atoms with E-state index in [1.54, 1.807) is 0 Å². The average Bonchev–Trinajstić information content (AvgIpc) is 3.02. The highest BCUT2D eigenvalue weighted by molar-refractivity contribution is 5.87. The lowest BCUT2D eigenvalue weighted by atomic mass is 9.71. The second kappa shape index (κ2) is 8.11. The zero-order valence-corrected chi connectivity index (χ0v) is 19.6. The summed E-state index contributed by atoms with van der Waals surface area (Å²) in [7, 11) is 0. The fourth-order valence-corrected chi connectivity index (χ4v) is 5.45. The maximum absolute atomic E-state index is 11.5. The van der Waals surface area contributed by atoms with Crippen molar-refractivity contribution in [2.45, 2.75) is 71.1 Å². The Labute approximate surface area is 187 Å². The molecular weight excluding hydrogens is 376 g/mol. The van der Waals surface area contributed by atoms with Gasteiger partial charge in [-0.2, -0.15) is 0 Å². The molecular formula is C30H34O. The van der Waals surface area contributed by atoms with Gasteiger partial charge in [-0.3, -0.25) is 4.79 Å². The van der Waals surface area contributed by atoms with Crippen LogP contribution in [0.3, 0.4) is 0 Å². The first-order chi connectivity index (χ1) is 14.8. The van der Waals surface area contributed by atoms with Crippen molar-refractivity contribution in [2.24, 2.45) is 0 Å². The first kappa shape index (κ1) is 21.6. The molecule has 0 aliphatic heterocycles. The summed E-state index contributed by atoms with van der Waals surface area (Å²) in [6.45, 7) is 11.3. The Morgan fingerprint density at radius 3 is 1.84 bits per heavy atom. The highest BCUT2D eigenvalue weighted by atomic mass is 16.1. The zero-order valence-electron chi connectivity index (χ0n) is 19.6. The standard InChI is InChI=1S/C30H34O/c1-6-16-30(17-7-2)27-18-21(20-31)8-14-25(27)26-15-11-23(19-28(26)30)22-9-12-24(13-10-22)29(3,4)5/h8-15,18-20H,6-7,16-17H2,1-5H3. The lowest BCUT2D eigenvalue weighted by Gasteiger charge is -2.32. The second-order valence-corrected chi connectivity index (χ2v) is 10.1. The maximum Gasteiger partial charge on any atom is 0.150 e. The molecule has 0 saturated carbocycles. The molecule has 31 heavy (non-hydrogen) atoms. The summed E-state index contributed by atoms with van der Waals surface area (Å²) in [4.78, 5) is 11.5. The molecule has 0 fully saturated rings. The Balaban J connectivity index is 1.87. The molecule has 0 heterocycles. The zero-order chi connectivity index (χ0) is 22.2. The summed E-state index contributed by atoms with van der Waals surface area (Å²) in [5.41, 5.74) is 10.3. The molecule has 0 N–H and O–H groups in total. The van der Waals surface area contributed by atoms with Crippen LogP contribution in [-0.4, -0.2) is 6.29 Å². The molecule has 1 aliphatic carbocycles. The first-order valence-corrected chi connectivity index (χ1v) is 11.7. The Morgan fingerprint density at radius 2 is 1.29 bits per heavy atom. The number of hydrogen-bond donors (Lipinski definition) is 0. The van der Waals surface area contributed by atoms with E-state index in [2.05, 4.69) is 89.2 Å². The van der Waals surface area contributed by atoms with E-state index in [1.165, 1.54) is 38.9 Å². The Kier molecular flexibility index (Phi) is 5.64. The van der Waals surface area contributed by atoms with Crippen molar-refractivity contribution in [2.75, 3.05) is 0 Å². The predicted molar refractivity (Wildman–Crippen MR) is 132 cm³/mol. The fraction of sp³-hybridized carbons (Fsp3) is 0.367. The van der Waals surface area contributed by atoms with Crippen LogP contribution in [0.15, 0.2) is 60.7 Å². The molecule has 160 valence electrons. The van der Waals surface area contributed by atoms with Crippen LogP contribution >= 0.6 is 0 Å². The van der Waals surface area contributed by atoms with E-state index in [4.69, 9.17) is 0 Å². The molecule has 1 heteroatoms. The molecule has 0 atom stereocenters. The van der Waals surface area contributed by atoms with Crippen LogP contribution in [-0.2, 0) is 10.8 Å². The third-order valence-corrected chi connectivity index (χ3v) is 6.96. The molecule has 3 aromatic rings. The molecule has 0 bridgehead atoms. The van der Waals surface area contributed by atoms with Gasteiger partial charge >= 0.3 is 0 Å². The topological polar surface area (TPSA) is 17.1 Å². The van der Waals surface area contributed by atoms with E-state index in [0.29, 0.717) is 0 Å². The van der Waals surface area contributed by atoms with Crippen molar-refractivity contribution in [3.05, 3.63) is 82.9 Å². The third-order valence-electron chi connectivity index (χ3n) is 6.96. The minimum atomic E-state index is -0.00541. The van der Waals surface area contributed by atoms with E-state index in [9.17, 15) is 4.79 Å². The van der Waals surface area contributed by atoms with E-state index < -0.39 is 0 Å². The molecule has 1 aliphatic rings. The number of fused-ring (bicyclic) bond motifs is 3. The Hall–Kier alpha value is -2.67. The molecule has 0 amide bonds. The quantitative estimate of drug-likeness (QED) is 0.373. The molecule has 0 radical (unpaired) electrons. The average molecular weight is 411 g/mol. The lowest BCUT2D eigenvalue weighted by molar-refractivity contribution is 0.112. The normalized spacial score (nSPS) is 14.2. The van der Waals surface area contributed by atoms with Crippen LogP contribution < -0.4 is 0 Å². The summed E-state index contributed by atoms with van der Waals surface area (Å²) in [5, 5.41) is 0. The number of aldehydes is 1. The van der Waals surface area contributed by atoms with Crippen molar-refractivity contribution in [1.82, 2.24) is 0 Å². The van der Waals surface area contributed by atoms with Gasteiger partial charge in [-0.15, -0.1) is 0 Å². The van der Waals surface area contributed by atoms with Crippen LogP contribution in [0.2, 0.25) is 0 Å². The van der Waals surface area contributed by atoms with Gasteiger partial charge in [-0.25, -0.2) is 0 Å². The van der Waals surface area contributed by atoms with Gasteiger partial charge < -0.3 is 0 Å². The van der Waals surface area contributed by atoms with Crippen molar-refractivity contribution in [3.8, 4) is 22.3 Å². The monoisotopic (exact) mass is 410 g/mol. The van der Waals surface area contributed by atoms with Gasteiger partial charge in [0.1, 0.15) is 6.29 Å². The van der Waals surface area contributed by atoms with E-state index in [1.807, 2.05) is 6.07 Å². The van der Waals surface area contributed by atoms with Crippen molar-refractivity contribution < 1.29 is 4.79 Å². The predicted octanol–water partition coefficient (Wildman–Crippen LogP) is 8.33. The summed E-state index contributed by atoms with van der Waals surface area (Å²) in [6.07, 6.45) is 5.43. The van der Waals surface area contributed by atoms with Crippen molar-refractivity contribution in [3.63, 3.8) is 0 Å². The number of carbonyl (C=O) groups excluding carboxylic acids is 1. The molecule has 3 aromatic carbocycles. The first-order valence-electron chi connectivity index (χ1n) is 11.7. The maximum atomic E-state index is 11.5. The summed E-state index contributed by atoms with van der Waals surface area (Å²) < 4.78 is 0. The number of rotatable bonds is 6. The summed E-state index contributed by atoms with van der Waals surface area (Å²) >= 11 is 0. The van der Waals surface area contributed by atoms with Gasteiger partial charge in [-0.05, 0) is 69.3 Å². The van der Waals surface area contributed by atoms with Crippen molar-refractivity contribution in [1.29, 1.82) is 0 Å². The van der Waals surface area contributed by atoms with Gasteiger partial charge in [-0.1, -0.05) is 96.0 Å². The third kappa shape index (κ3) is 3.65. The van der Waals surface area contributed by atoms with Crippen LogP contribution in [0.5, 0.6) is 0 Å². The van der Waals surface area contributed by atoms with Crippen LogP contribution in [0.25, 0.3) is 22.3 Å². The molecule has 0 spiro atoms. The Morgan fingerprint density at radius 1 is 0.742 bits per heavy atom. The minimum absolute atomic E-state index is 0.00541. The number of hydrogen-bond acceptors (Lipinski definition) is 1. The smallest absolute Gasteiger partial charge is 0.150 e. The fourth-order valence-electron chi connectivity index (χ4n) is 5.45. The van der Waals surface area contributed by atoms with Crippen LogP contribution in [0, 0.1) is 0 Å². The molecule has 0 unspecified atom stereocenters. The molecule has 4 rings (SSSR count). The molecule has 0 saturated heterocycles. The summed E-state index contributed by atoms with van der Waals surface area (Å²) in [6, 6.07) is 22.3. The van der Waals surface area contributed by atoms with Gasteiger partial charge in [0, 0.05) is 11.0 Å².